The summed E-state index contributed by atoms with van der Waals surface area (Å²) in [5.74, 6) is -0.0132. The van der Waals surface area contributed by atoms with E-state index >= 15 is 0 Å². The van der Waals surface area contributed by atoms with Gasteiger partial charge in [0.15, 0.2) is 5.78 Å². The van der Waals surface area contributed by atoms with Gasteiger partial charge in [0.05, 0.1) is 28.2 Å². The molecule has 1 aliphatic rings. The van der Waals surface area contributed by atoms with E-state index in [1.54, 1.807) is 28.8 Å². The molecule has 1 fully saturated rings. The summed E-state index contributed by atoms with van der Waals surface area (Å²) in [6.07, 6.45) is 1.09. The van der Waals surface area contributed by atoms with E-state index < -0.39 is 21.9 Å². The molecule has 35 heavy (non-hydrogen) atoms. The molecule has 2 heterocycles. The number of Topliss-reactive ketones (excluding diaryl/α,β-unsaturated/α-hetero) is 1. The Morgan fingerprint density at radius 3 is 2.40 bits per heavy atom. The summed E-state index contributed by atoms with van der Waals surface area (Å²) in [6.45, 7) is 2.64. The topological polar surface area (TPSA) is 87.4 Å². The predicted octanol–water partition coefficient (Wildman–Crippen LogP) is 4.76. The van der Waals surface area contributed by atoms with Crippen LogP contribution in [0.4, 0.5) is 8.78 Å². The number of halogens is 2. The van der Waals surface area contributed by atoms with Crippen molar-refractivity contribution in [2.24, 2.45) is 5.41 Å². The zero-order valence-electron chi connectivity index (χ0n) is 19.8. The summed E-state index contributed by atoms with van der Waals surface area (Å²) in [5.41, 5.74) is 1.13. The first-order chi connectivity index (χ1) is 16.4. The van der Waals surface area contributed by atoms with E-state index in [9.17, 15) is 26.8 Å². The number of hydrogen-bond acceptors (Lipinski definition) is 5. The molecule has 7 nitrogen and oxygen atoms in total. The number of imidazole rings is 1. The predicted molar refractivity (Wildman–Crippen MR) is 129 cm³/mol. The molecule has 1 aromatic heterocycles. The number of sulfone groups is 1. The summed E-state index contributed by atoms with van der Waals surface area (Å²) >= 11 is 0. The maximum absolute atomic E-state index is 13.4. The monoisotopic (exact) mass is 506 g/mol. The third kappa shape index (κ3) is 5.17. The van der Waals surface area contributed by atoms with Crippen LogP contribution in [0.15, 0.2) is 47.3 Å². The Morgan fingerprint density at radius 1 is 1.09 bits per heavy atom. The fourth-order valence-electron chi connectivity index (χ4n) is 4.64. The van der Waals surface area contributed by atoms with E-state index in [4.69, 9.17) is 0 Å². The zero-order valence-corrected chi connectivity index (χ0v) is 20.6. The van der Waals surface area contributed by atoms with Crippen LogP contribution in [0.5, 0.6) is 5.75 Å². The fraction of sp³-hybridized carbons (Fsp3) is 0.440. The highest BCUT2D eigenvalue weighted by atomic mass is 32.2. The van der Waals surface area contributed by atoms with Gasteiger partial charge in [0.1, 0.15) is 15.6 Å². The van der Waals surface area contributed by atoms with Gasteiger partial charge < -0.3 is 4.74 Å². The van der Waals surface area contributed by atoms with Crippen molar-refractivity contribution in [3.05, 3.63) is 58.5 Å². The Labute approximate surface area is 202 Å². The van der Waals surface area contributed by atoms with Gasteiger partial charge in [-0.05, 0) is 62.4 Å². The lowest BCUT2D eigenvalue weighted by Gasteiger charge is -2.32. The molecular weight excluding hydrogens is 478 g/mol. The van der Waals surface area contributed by atoms with E-state index in [0.717, 1.165) is 0 Å². The van der Waals surface area contributed by atoms with E-state index in [-0.39, 0.29) is 41.2 Å². The Morgan fingerprint density at radius 2 is 1.77 bits per heavy atom. The summed E-state index contributed by atoms with van der Waals surface area (Å²) in [5, 5.41) is 0. The van der Waals surface area contributed by atoms with Crippen molar-refractivity contribution in [2.45, 2.75) is 52.7 Å². The van der Waals surface area contributed by atoms with Crippen molar-refractivity contribution in [1.82, 2.24) is 9.13 Å². The number of nitrogens with zero attached hydrogens (tertiary/aromatic N) is 2. The lowest BCUT2D eigenvalue weighted by Crippen LogP contribution is -2.33. The van der Waals surface area contributed by atoms with Gasteiger partial charge in [-0.15, -0.1) is 0 Å². The number of fused-ring (bicyclic) bond motifs is 1. The highest BCUT2D eigenvalue weighted by molar-refractivity contribution is 7.91. The van der Waals surface area contributed by atoms with Crippen LogP contribution in [0, 0.1) is 5.41 Å². The minimum Gasteiger partial charge on any atom is -0.435 e. The number of ketones is 1. The number of rotatable bonds is 7. The second-order valence-corrected chi connectivity index (χ2v) is 12.0. The zero-order chi connectivity index (χ0) is 25.5. The van der Waals surface area contributed by atoms with Crippen LogP contribution in [0.1, 0.15) is 56.4 Å². The number of hydrogen-bond donors (Lipinski definition) is 0. The van der Waals surface area contributed by atoms with Crippen LogP contribution < -0.4 is 10.4 Å². The van der Waals surface area contributed by atoms with Crippen molar-refractivity contribution in [3.8, 4) is 11.4 Å². The molecular formula is C25H28F2N2O5S. The average molecular weight is 507 g/mol. The standard InChI is InChI=1S/C25H28F2N2O5S/c1-16(2)28-21-13-17(22(30)15-25(3)9-11-35(32,33)12-10-25)7-8-20(21)29(24(28)31)18-5-4-6-19(14-18)34-23(26)27/h4-8,13-14,16,23H,9-12,15H2,1-3H3. The minimum atomic E-state index is -3.04. The van der Waals surface area contributed by atoms with Gasteiger partial charge in [0.2, 0.25) is 0 Å². The first-order valence-electron chi connectivity index (χ1n) is 11.4. The largest absolute Gasteiger partial charge is 0.435 e. The molecule has 0 amide bonds. The van der Waals surface area contributed by atoms with Crippen LogP contribution in [0.25, 0.3) is 16.7 Å². The van der Waals surface area contributed by atoms with Crippen LogP contribution in [0.2, 0.25) is 0 Å². The van der Waals surface area contributed by atoms with Crippen molar-refractivity contribution in [2.75, 3.05) is 11.5 Å². The van der Waals surface area contributed by atoms with E-state index in [1.807, 2.05) is 20.8 Å². The normalized spacial score (nSPS) is 17.2. The van der Waals surface area contributed by atoms with Gasteiger partial charge in [-0.2, -0.15) is 8.78 Å². The SMILES string of the molecule is CC(C)n1c(=O)n(-c2cccc(OC(F)F)c2)c2ccc(C(=O)CC3(C)CCS(=O)(=O)CC3)cc21. The lowest BCUT2D eigenvalue weighted by molar-refractivity contribution is -0.0498. The molecule has 0 spiro atoms. The molecule has 0 atom stereocenters. The minimum absolute atomic E-state index is 0.0654. The smallest absolute Gasteiger partial charge is 0.387 e. The molecule has 4 rings (SSSR count). The van der Waals surface area contributed by atoms with Gasteiger partial charge >= 0.3 is 12.3 Å². The number of carbonyl (C=O) groups excluding carboxylic acids is 1. The highest BCUT2D eigenvalue weighted by Crippen LogP contribution is 2.37. The number of aromatic nitrogens is 2. The second-order valence-electron chi connectivity index (χ2n) is 9.72. The maximum Gasteiger partial charge on any atom is 0.387 e. The Hall–Kier alpha value is -3.01. The van der Waals surface area contributed by atoms with E-state index in [0.29, 0.717) is 35.1 Å². The van der Waals surface area contributed by atoms with Gasteiger partial charge in [0, 0.05) is 24.1 Å². The number of benzene rings is 2. The van der Waals surface area contributed by atoms with Crippen LogP contribution in [-0.4, -0.2) is 41.5 Å². The summed E-state index contributed by atoms with van der Waals surface area (Å²) in [7, 11) is -3.04. The average Bonchev–Trinajstić information content (AvgIpc) is 3.07. The van der Waals surface area contributed by atoms with Crippen molar-refractivity contribution in [3.63, 3.8) is 0 Å². The molecule has 0 unspecified atom stereocenters. The first-order valence-corrected chi connectivity index (χ1v) is 13.3. The highest BCUT2D eigenvalue weighted by Gasteiger charge is 2.35. The Balaban J connectivity index is 1.74. The third-order valence-electron chi connectivity index (χ3n) is 6.63. The van der Waals surface area contributed by atoms with Crippen LogP contribution in [-0.2, 0) is 9.84 Å². The van der Waals surface area contributed by atoms with Gasteiger partial charge in [-0.3, -0.25) is 13.9 Å². The second kappa shape index (κ2) is 9.22. The first kappa shape index (κ1) is 25.1. The molecule has 10 heteroatoms. The summed E-state index contributed by atoms with van der Waals surface area (Å²) in [6, 6.07) is 10.7. The summed E-state index contributed by atoms with van der Waals surface area (Å²) < 4.78 is 56.4. The van der Waals surface area contributed by atoms with Crippen molar-refractivity contribution >= 4 is 26.7 Å². The van der Waals surface area contributed by atoms with Crippen LogP contribution >= 0.6 is 0 Å². The quantitative estimate of drug-likeness (QED) is 0.431. The molecule has 0 bridgehead atoms. The van der Waals surface area contributed by atoms with Gasteiger partial charge in [0.25, 0.3) is 0 Å². The van der Waals surface area contributed by atoms with Crippen molar-refractivity contribution < 1.29 is 26.7 Å². The maximum atomic E-state index is 13.4. The molecule has 0 saturated carbocycles. The molecule has 3 aromatic rings. The molecule has 2 aromatic carbocycles. The lowest BCUT2D eigenvalue weighted by atomic mass is 9.78. The van der Waals surface area contributed by atoms with Crippen molar-refractivity contribution in [1.29, 1.82) is 0 Å². The molecule has 0 N–H and O–H groups in total. The molecule has 188 valence electrons. The van der Waals surface area contributed by atoms with Gasteiger partial charge in [-0.1, -0.05) is 13.0 Å². The van der Waals surface area contributed by atoms with E-state index in [2.05, 4.69) is 4.74 Å². The summed E-state index contributed by atoms with van der Waals surface area (Å²) in [4.78, 5) is 26.6. The van der Waals surface area contributed by atoms with E-state index in [1.165, 1.54) is 22.8 Å². The number of ether oxygens (including phenoxy) is 1. The molecule has 0 radical (unpaired) electrons. The molecule has 1 saturated heterocycles. The van der Waals surface area contributed by atoms with Gasteiger partial charge in [-0.25, -0.2) is 13.2 Å². The fourth-order valence-corrected chi connectivity index (χ4v) is 6.45. The molecule has 0 aliphatic carbocycles. The number of carbonyl (C=O) groups is 1. The third-order valence-corrected chi connectivity index (χ3v) is 8.29. The van der Waals surface area contributed by atoms with Crippen LogP contribution in [0.3, 0.4) is 0 Å². The molecule has 1 aliphatic heterocycles. The Bertz CT molecular complexity index is 1430. The number of alkyl halides is 2. The Kier molecular flexibility index (Phi) is 6.61.